The lowest BCUT2D eigenvalue weighted by molar-refractivity contribution is 0.402. The van der Waals surface area contributed by atoms with Crippen LogP contribution in [0.5, 0.6) is 0 Å². The van der Waals surface area contributed by atoms with Crippen molar-refractivity contribution in [1.82, 2.24) is 10.0 Å². The lowest BCUT2D eigenvalue weighted by atomic mass is 9.99. The minimum atomic E-state index is -3.33. The Morgan fingerprint density at radius 2 is 1.90 bits per heavy atom. The first-order valence-electron chi connectivity index (χ1n) is 7.89. The van der Waals surface area contributed by atoms with E-state index in [0.717, 1.165) is 29.8 Å². The van der Waals surface area contributed by atoms with Crippen LogP contribution in [0.25, 0.3) is 0 Å². The molecule has 1 aromatic rings. The third kappa shape index (κ3) is 4.06. The molecular formula is C15H24N2O2S2. The van der Waals surface area contributed by atoms with Gasteiger partial charge in [-0.2, -0.15) is 0 Å². The summed E-state index contributed by atoms with van der Waals surface area (Å²) in [5, 5.41) is 3.22. The molecule has 0 aliphatic heterocycles. The quantitative estimate of drug-likeness (QED) is 0.732. The van der Waals surface area contributed by atoms with E-state index in [1.54, 1.807) is 6.07 Å². The molecule has 2 aliphatic rings. The van der Waals surface area contributed by atoms with Gasteiger partial charge in [0.2, 0.25) is 10.0 Å². The van der Waals surface area contributed by atoms with Gasteiger partial charge in [-0.05, 0) is 62.1 Å². The highest BCUT2D eigenvalue weighted by Crippen LogP contribution is 2.48. The van der Waals surface area contributed by atoms with Crippen molar-refractivity contribution in [2.75, 3.05) is 13.1 Å². The van der Waals surface area contributed by atoms with Crippen LogP contribution in [0.4, 0.5) is 0 Å². The molecule has 2 aliphatic carbocycles. The van der Waals surface area contributed by atoms with Gasteiger partial charge in [0, 0.05) is 18.0 Å². The van der Waals surface area contributed by atoms with Gasteiger partial charge in [0.25, 0.3) is 0 Å². The van der Waals surface area contributed by atoms with Crippen molar-refractivity contribution in [3.05, 3.63) is 17.0 Å². The van der Waals surface area contributed by atoms with Gasteiger partial charge in [-0.3, -0.25) is 0 Å². The smallest absolute Gasteiger partial charge is 0.250 e. The zero-order valence-corrected chi connectivity index (χ0v) is 14.1. The van der Waals surface area contributed by atoms with E-state index in [-0.39, 0.29) is 0 Å². The van der Waals surface area contributed by atoms with Gasteiger partial charge in [0.15, 0.2) is 0 Å². The van der Waals surface area contributed by atoms with Crippen LogP contribution in [0.2, 0.25) is 0 Å². The number of nitrogens with one attached hydrogen (secondary N) is 2. The molecule has 1 aromatic heterocycles. The maximum Gasteiger partial charge on any atom is 0.250 e. The topological polar surface area (TPSA) is 58.2 Å². The fourth-order valence-electron chi connectivity index (χ4n) is 2.89. The molecule has 21 heavy (non-hydrogen) atoms. The Balaban J connectivity index is 1.58. The lowest BCUT2D eigenvalue weighted by Crippen LogP contribution is -2.30. The fraction of sp³-hybridized carbons (Fsp3) is 0.733. The van der Waals surface area contributed by atoms with E-state index in [2.05, 4.69) is 10.0 Å². The van der Waals surface area contributed by atoms with Crippen molar-refractivity contribution in [1.29, 1.82) is 0 Å². The van der Waals surface area contributed by atoms with Crippen LogP contribution in [-0.2, 0) is 16.6 Å². The highest BCUT2D eigenvalue weighted by molar-refractivity contribution is 7.91. The molecule has 2 saturated carbocycles. The first-order valence-corrected chi connectivity index (χ1v) is 10.2. The van der Waals surface area contributed by atoms with Crippen LogP contribution < -0.4 is 10.0 Å². The molecule has 0 atom stereocenters. The Hall–Kier alpha value is -0.430. The number of rotatable bonds is 9. The molecule has 0 radical (unpaired) electrons. The Morgan fingerprint density at radius 1 is 1.24 bits per heavy atom. The maximum atomic E-state index is 12.4. The third-order valence-corrected chi connectivity index (χ3v) is 7.42. The summed E-state index contributed by atoms with van der Waals surface area (Å²) in [5.74, 6) is 2.11. The molecule has 0 aromatic carbocycles. The summed E-state index contributed by atoms with van der Waals surface area (Å²) in [7, 11) is -3.33. The maximum absolute atomic E-state index is 12.4. The molecule has 6 heteroatoms. The van der Waals surface area contributed by atoms with Crippen molar-refractivity contribution >= 4 is 21.4 Å². The summed E-state index contributed by atoms with van der Waals surface area (Å²) in [6.07, 6.45) is 5.15. The molecule has 0 saturated heterocycles. The average Bonchev–Trinajstić information content (AvgIpc) is 3.38. The van der Waals surface area contributed by atoms with Gasteiger partial charge in [-0.15, -0.1) is 11.3 Å². The number of hydrogen-bond donors (Lipinski definition) is 2. The Bertz CT molecular complexity index is 562. The van der Waals surface area contributed by atoms with Gasteiger partial charge in [0.1, 0.15) is 4.21 Å². The Morgan fingerprint density at radius 3 is 2.48 bits per heavy atom. The molecule has 3 rings (SSSR count). The van der Waals surface area contributed by atoms with Crippen LogP contribution in [0.1, 0.15) is 37.5 Å². The van der Waals surface area contributed by atoms with Gasteiger partial charge >= 0.3 is 0 Å². The van der Waals surface area contributed by atoms with E-state index in [9.17, 15) is 8.42 Å². The van der Waals surface area contributed by atoms with Gasteiger partial charge in [0.05, 0.1) is 0 Å². The highest BCUT2D eigenvalue weighted by atomic mass is 32.2. The van der Waals surface area contributed by atoms with E-state index < -0.39 is 10.0 Å². The minimum Gasteiger partial charge on any atom is -0.312 e. The van der Waals surface area contributed by atoms with E-state index in [4.69, 9.17) is 0 Å². The van der Waals surface area contributed by atoms with Crippen LogP contribution >= 0.6 is 11.3 Å². The standard InChI is InChI=1S/C15H24N2O2S2/c1-2-16-9-13-7-8-15(20-13)21(18,19)17-10-14(11-3-4-11)12-5-6-12/h7-8,11-12,14,16-17H,2-6,9-10H2,1H3. The highest BCUT2D eigenvalue weighted by Gasteiger charge is 2.41. The monoisotopic (exact) mass is 328 g/mol. The summed E-state index contributed by atoms with van der Waals surface area (Å²) < 4.78 is 28.1. The zero-order valence-electron chi connectivity index (χ0n) is 12.5. The molecule has 4 nitrogen and oxygen atoms in total. The summed E-state index contributed by atoms with van der Waals surface area (Å²) >= 11 is 1.37. The van der Waals surface area contributed by atoms with Crippen LogP contribution in [0.15, 0.2) is 16.3 Å². The SMILES string of the molecule is CCNCc1ccc(S(=O)(=O)NCC(C2CC2)C2CC2)s1. The van der Waals surface area contributed by atoms with Crippen LogP contribution in [0, 0.1) is 17.8 Å². The Labute approximate surface area is 131 Å². The molecule has 0 spiro atoms. The largest absolute Gasteiger partial charge is 0.312 e. The molecule has 0 unspecified atom stereocenters. The van der Waals surface area contributed by atoms with E-state index >= 15 is 0 Å². The molecule has 2 fully saturated rings. The molecule has 2 N–H and O–H groups in total. The molecule has 0 bridgehead atoms. The van der Waals surface area contributed by atoms with E-state index in [0.29, 0.717) is 16.7 Å². The van der Waals surface area contributed by atoms with Crippen molar-refractivity contribution in [3.8, 4) is 0 Å². The first kappa shape index (κ1) is 15.5. The zero-order chi connectivity index (χ0) is 14.9. The van der Waals surface area contributed by atoms with Gasteiger partial charge in [-0.1, -0.05) is 6.92 Å². The van der Waals surface area contributed by atoms with E-state index in [1.165, 1.54) is 37.0 Å². The van der Waals surface area contributed by atoms with Crippen LogP contribution in [-0.4, -0.2) is 21.5 Å². The molecule has 118 valence electrons. The summed E-state index contributed by atoms with van der Waals surface area (Å²) in [6, 6.07) is 3.63. The first-order chi connectivity index (χ1) is 10.1. The van der Waals surface area contributed by atoms with Gasteiger partial charge < -0.3 is 5.32 Å². The van der Waals surface area contributed by atoms with Gasteiger partial charge in [-0.25, -0.2) is 13.1 Å². The van der Waals surface area contributed by atoms with E-state index in [1.807, 2.05) is 13.0 Å². The predicted molar refractivity (Wildman–Crippen MR) is 85.8 cm³/mol. The number of hydrogen-bond acceptors (Lipinski definition) is 4. The normalized spacial score (nSPS) is 19.3. The second-order valence-corrected chi connectivity index (χ2v) is 9.35. The number of sulfonamides is 1. The number of thiophene rings is 1. The minimum absolute atomic E-state index is 0.445. The summed E-state index contributed by atoms with van der Waals surface area (Å²) in [6.45, 7) is 4.30. The summed E-state index contributed by atoms with van der Waals surface area (Å²) in [5.41, 5.74) is 0. The molecule has 0 amide bonds. The Kier molecular flexibility index (Phi) is 4.69. The van der Waals surface area contributed by atoms with Crippen molar-refractivity contribution in [2.45, 2.75) is 43.4 Å². The van der Waals surface area contributed by atoms with Crippen molar-refractivity contribution in [2.24, 2.45) is 17.8 Å². The van der Waals surface area contributed by atoms with Crippen molar-refractivity contribution in [3.63, 3.8) is 0 Å². The summed E-state index contributed by atoms with van der Waals surface area (Å²) in [4.78, 5) is 1.07. The molecule has 1 heterocycles. The second kappa shape index (κ2) is 6.36. The molecular weight excluding hydrogens is 304 g/mol. The predicted octanol–water partition coefficient (Wildman–Crippen LogP) is 2.57. The second-order valence-electron chi connectivity index (χ2n) is 6.19. The average molecular weight is 329 g/mol. The van der Waals surface area contributed by atoms with Crippen molar-refractivity contribution < 1.29 is 8.42 Å². The third-order valence-electron chi connectivity index (χ3n) is 4.42. The lowest BCUT2D eigenvalue weighted by Gasteiger charge is -2.15. The fourth-order valence-corrected chi connectivity index (χ4v) is 5.33. The van der Waals surface area contributed by atoms with Crippen LogP contribution in [0.3, 0.4) is 0 Å².